The van der Waals surface area contributed by atoms with Crippen LogP contribution in [0.4, 0.5) is 0 Å². The van der Waals surface area contributed by atoms with E-state index in [-0.39, 0.29) is 36.4 Å². The number of aliphatic hydroxyl groups excluding tert-OH is 1. The molecular weight excluding hydrogens is 324 g/mol. The zero-order chi connectivity index (χ0) is 18.1. The summed E-state index contributed by atoms with van der Waals surface area (Å²) < 4.78 is 0. The third kappa shape index (κ3) is 2.05. The van der Waals surface area contributed by atoms with Gasteiger partial charge < -0.3 is 10.2 Å². The number of carbonyl (C=O) groups excluding carboxylic acids is 2. The summed E-state index contributed by atoms with van der Waals surface area (Å²) in [6.07, 6.45) is 2.10. The first kappa shape index (κ1) is 17.1. The van der Waals surface area contributed by atoms with Gasteiger partial charge in [-0.05, 0) is 30.8 Å². The predicted octanol–water partition coefficient (Wildman–Crippen LogP) is 1.46. The highest BCUT2D eigenvalue weighted by molar-refractivity contribution is 6.11. The molecule has 0 aromatic heterocycles. The molecule has 0 bridgehead atoms. The lowest BCUT2D eigenvalue weighted by Crippen LogP contribution is -2.64. The minimum absolute atomic E-state index is 0.0453. The molecule has 3 aliphatic carbocycles. The Kier molecular flexibility index (Phi) is 3.64. The van der Waals surface area contributed by atoms with Gasteiger partial charge in [-0.15, -0.1) is 0 Å². The summed E-state index contributed by atoms with van der Waals surface area (Å²) in [7, 11) is 0. The molecule has 0 radical (unpaired) electrons. The summed E-state index contributed by atoms with van der Waals surface area (Å²) in [5, 5.41) is 21.0. The Morgan fingerprint density at radius 1 is 1.36 bits per heavy atom. The molecule has 4 rings (SSSR count). The lowest BCUT2D eigenvalue weighted by atomic mass is 9.50. The molecule has 6 nitrogen and oxygen atoms in total. The molecule has 1 aliphatic heterocycles. The topological polar surface area (TPSA) is 93.1 Å². The summed E-state index contributed by atoms with van der Waals surface area (Å²) >= 11 is 0. The van der Waals surface area contributed by atoms with Crippen LogP contribution in [0.1, 0.15) is 40.0 Å². The van der Waals surface area contributed by atoms with Gasteiger partial charge in [0.2, 0.25) is 5.79 Å². The van der Waals surface area contributed by atoms with Crippen LogP contribution in [0.2, 0.25) is 0 Å². The molecule has 6 heteroatoms. The summed E-state index contributed by atoms with van der Waals surface area (Å²) in [4.78, 5) is 36.3. The van der Waals surface area contributed by atoms with E-state index in [9.17, 15) is 19.8 Å². The van der Waals surface area contributed by atoms with Crippen molar-refractivity contribution in [3.05, 3.63) is 22.8 Å². The molecule has 4 aliphatic rings. The fourth-order valence-electron chi connectivity index (χ4n) is 5.37. The van der Waals surface area contributed by atoms with Crippen molar-refractivity contribution >= 4 is 11.6 Å². The second kappa shape index (κ2) is 5.33. The van der Waals surface area contributed by atoms with Crippen molar-refractivity contribution in [2.24, 2.45) is 23.2 Å². The molecule has 1 saturated carbocycles. The van der Waals surface area contributed by atoms with Crippen LogP contribution in [-0.4, -0.2) is 40.3 Å². The predicted molar refractivity (Wildman–Crippen MR) is 86.9 cm³/mol. The molecule has 0 amide bonds. The van der Waals surface area contributed by atoms with Crippen molar-refractivity contribution in [1.82, 2.24) is 0 Å². The quantitative estimate of drug-likeness (QED) is 0.734. The van der Waals surface area contributed by atoms with E-state index in [2.05, 4.69) is 0 Å². The van der Waals surface area contributed by atoms with Crippen LogP contribution in [0.5, 0.6) is 0 Å². The van der Waals surface area contributed by atoms with E-state index in [1.807, 2.05) is 20.8 Å². The molecular formula is C19H24O6. The average molecular weight is 348 g/mol. The van der Waals surface area contributed by atoms with Gasteiger partial charge in [0.05, 0.1) is 6.61 Å². The maximum Gasteiger partial charge on any atom is 0.242 e. The van der Waals surface area contributed by atoms with Gasteiger partial charge in [-0.1, -0.05) is 20.8 Å². The number of hydrogen-bond donors (Lipinski definition) is 2. The Labute approximate surface area is 146 Å². The summed E-state index contributed by atoms with van der Waals surface area (Å²) in [6.45, 7) is 5.51. The number of ketones is 2. The van der Waals surface area contributed by atoms with Gasteiger partial charge in [0.1, 0.15) is 11.9 Å². The minimum Gasteiger partial charge on any atom is -0.396 e. The van der Waals surface area contributed by atoms with E-state index in [1.165, 1.54) is 6.08 Å². The number of allylic oxidation sites excluding steroid dienone is 2. The van der Waals surface area contributed by atoms with Crippen molar-refractivity contribution in [3.8, 4) is 0 Å². The Balaban J connectivity index is 1.91. The van der Waals surface area contributed by atoms with Gasteiger partial charge in [-0.25, -0.2) is 4.89 Å². The Hall–Kier alpha value is -1.34. The van der Waals surface area contributed by atoms with Crippen LogP contribution in [0.25, 0.3) is 0 Å². The van der Waals surface area contributed by atoms with Crippen LogP contribution in [-0.2, 0) is 19.4 Å². The fraction of sp³-hybridized carbons (Fsp3) is 0.684. The second-order valence-electron chi connectivity index (χ2n) is 8.19. The van der Waals surface area contributed by atoms with Crippen LogP contribution >= 0.6 is 0 Å². The molecule has 136 valence electrons. The number of rotatable bonds is 2. The molecule has 2 fully saturated rings. The van der Waals surface area contributed by atoms with E-state index in [0.717, 1.165) is 0 Å². The first-order valence-electron chi connectivity index (χ1n) is 8.96. The summed E-state index contributed by atoms with van der Waals surface area (Å²) in [5.41, 5.74) is 0.937. The number of hydrogen-bond acceptors (Lipinski definition) is 6. The van der Waals surface area contributed by atoms with Crippen molar-refractivity contribution in [1.29, 1.82) is 0 Å². The van der Waals surface area contributed by atoms with Gasteiger partial charge in [-0.3, -0.25) is 9.59 Å². The van der Waals surface area contributed by atoms with Crippen molar-refractivity contribution < 1.29 is 29.6 Å². The van der Waals surface area contributed by atoms with Crippen LogP contribution in [0.3, 0.4) is 0 Å². The molecule has 5 atom stereocenters. The maximum atomic E-state index is 13.0. The van der Waals surface area contributed by atoms with Gasteiger partial charge in [0.15, 0.2) is 5.78 Å². The zero-order valence-corrected chi connectivity index (χ0v) is 14.7. The monoisotopic (exact) mass is 348 g/mol. The second-order valence-corrected chi connectivity index (χ2v) is 8.19. The molecule has 1 heterocycles. The first-order valence-corrected chi connectivity index (χ1v) is 8.96. The van der Waals surface area contributed by atoms with E-state index < -0.39 is 23.2 Å². The lowest BCUT2D eigenvalue weighted by Gasteiger charge is -2.59. The highest BCUT2D eigenvalue weighted by Gasteiger charge is 2.65. The van der Waals surface area contributed by atoms with E-state index in [4.69, 9.17) is 9.78 Å². The molecule has 1 saturated heterocycles. The zero-order valence-electron chi connectivity index (χ0n) is 14.7. The number of carbonyl (C=O) groups is 2. The Morgan fingerprint density at radius 3 is 2.72 bits per heavy atom. The molecule has 0 aromatic rings. The van der Waals surface area contributed by atoms with Crippen LogP contribution < -0.4 is 0 Å². The lowest BCUT2D eigenvalue weighted by molar-refractivity contribution is -0.452. The number of Topliss-reactive ketones (excluding diaryl/α,β-unsaturated/α-hetero) is 2. The summed E-state index contributed by atoms with van der Waals surface area (Å²) in [5.74, 6) is -2.60. The molecule has 25 heavy (non-hydrogen) atoms. The SMILES string of the molecule is CC(C)C1=C[C@@]2(O)OO[C@@H]3CC(=O)[C@H](CO)[C@@H]4CCC(=C2[C@@]34C)C1=O. The third-order valence-electron chi connectivity index (χ3n) is 6.63. The van der Waals surface area contributed by atoms with Crippen LogP contribution in [0, 0.1) is 23.2 Å². The fourth-order valence-corrected chi connectivity index (χ4v) is 5.37. The minimum atomic E-state index is -1.78. The first-order chi connectivity index (χ1) is 11.7. The maximum absolute atomic E-state index is 13.0. The standard InChI is InChI=1S/C19H24O6/c1-9(2)11-7-19(23)17-10(16(11)22)4-5-13-12(8-20)14(21)6-15(24-25-19)18(13,17)3/h7,9,12-13,15,20,23H,4-6,8H2,1-3H3/t12-,13+,15-,18-,19-/m1/s1. The largest absolute Gasteiger partial charge is 0.396 e. The summed E-state index contributed by atoms with van der Waals surface area (Å²) in [6, 6.07) is 0. The van der Waals surface area contributed by atoms with Crippen molar-refractivity contribution in [3.63, 3.8) is 0 Å². The molecule has 0 unspecified atom stereocenters. The third-order valence-corrected chi connectivity index (χ3v) is 6.63. The highest BCUT2D eigenvalue weighted by Crippen LogP contribution is 2.62. The molecule has 2 N–H and O–H groups in total. The van der Waals surface area contributed by atoms with Crippen molar-refractivity contribution in [2.45, 2.75) is 51.9 Å². The molecule has 0 spiro atoms. The van der Waals surface area contributed by atoms with E-state index >= 15 is 0 Å². The smallest absolute Gasteiger partial charge is 0.242 e. The normalized spacial score (nSPS) is 43.3. The van der Waals surface area contributed by atoms with Gasteiger partial charge in [0, 0.05) is 34.5 Å². The van der Waals surface area contributed by atoms with Crippen molar-refractivity contribution in [2.75, 3.05) is 6.61 Å². The Morgan fingerprint density at radius 2 is 2.08 bits per heavy atom. The van der Waals surface area contributed by atoms with Crippen LogP contribution in [0.15, 0.2) is 22.8 Å². The van der Waals surface area contributed by atoms with Gasteiger partial charge >= 0.3 is 0 Å². The van der Waals surface area contributed by atoms with Gasteiger partial charge in [-0.2, -0.15) is 4.89 Å². The highest BCUT2D eigenvalue weighted by atomic mass is 17.2. The van der Waals surface area contributed by atoms with E-state index in [1.54, 1.807) is 0 Å². The average Bonchev–Trinajstić information content (AvgIpc) is 2.55. The van der Waals surface area contributed by atoms with E-state index in [0.29, 0.717) is 29.6 Å². The number of aliphatic hydroxyl groups is 2. The molecule has 0 aromatic carbocycles. The Bertz CT molecular complexity index is 719. The van der Waals surface area contributed by atoms with Gasteiger partial charge in [0.25, 0.3) is 0 Å².